The Kier molecular flexibility index (Phi) is 3.51. The SMILES string of the molecule is c1ccc(COC2C[C@@H]3CN(C4COC4)C[C@@H]3C2)cc1. The molecule has 108 valence electrons. The Labute approximate surface area is 120 Å². The van der Waals surface area contributed by atoms with Gasteiger partial charge in [0.05, 0.1) is 32.0 Å². The highest BCUT2D eigenvalue weighted by Crippen LogP contribution is 2.40. The van der Waals surface area contributed by atoms with Gasteiger partial charge in [0.1, 0.15) is 0 Å². The van der Waals surface area contributed by atoms with E-state index in [9.17, 15) is 0 Å². The minimum absolute atomic E-state index is 0.477. The maximum absolute atomic E-state index is 6.12. The van der Waals surface area contributed by atoms with E-state index in [2.05, 4.69) is 35.2 Å². The molecule has 1 aromatic rings. The van der Waals surface area contributed by atoms with Crippen LogP contribution in [0.1, 0.15) is 18.4 Å². The molecule has 20 heavy (non-hydrogen) atoms. The zero-order chi connectivity index (χ0) is 13.4. The molecule has 2 saturated heterocycles. The Hall–Kier alpha value is -0.900. The van der Waals surface area contributed by atoms with Gasteiger partial charge in [0.15, 0.2) is 0 Å². The molecule has 0 aromatic heterocycles. The number of hydrogen-bond acceptors (Lipinski definition) is 3. The standard InChI is InChI=1S/C17H23NO2/c1-2-4-13(5-3-1)10-20-17-6-14-8-18(9-15(14)7-17)16-11-19-12-16/h1-5,14-17H,6-12H2/t14-,15+,17?. The van der Waals surface area contributed by atoms with Crippen LogP contribution in [0.25, 0.3) is 0 Å². The Morgan fingerprint density at radius 3 is 2.35 bits per heavy atom. The van der Waals surface area contributed by atoms with Crippen LogP contribution in [0.5, 0.6) is 0 Å². The number of benzene rings is 1. The van der Waals surface area contributed by atoms with Gasteiger partial charge in [-0.3, -0.25) is 4.90 Å². The summed E-state index contributed by atoms with van der Waals surface area (Å²) in [6.45, 7) is 5.21. The number of nitrogens with zero attached hydrogens (tertiary/aromatic N) is 1. The van der Waals surface area contributed by atoms with E-state index >= 15 is 0 Å². The van der Waals surface area contributed by atoms with E-state index in [0.29, 0.717) is 12.1 Å². The molecule has 3 nitrogen and oxygen atoms in total. The molecule has 3 aliphatic rings. The fourth-order valence-corrected chi connectivity index (χ4v) is 3.94. The van der Waals surface area contributed by atoms with Gasteiger partial charge in [-0.05, 0) is 30.2 Å². The minimum Gasteiger partial charge on any atom is -0.378 e. The van der Waals surface area contributed by atoms with E-state index in [1.807, 2.05) is 0 Å². The summed E-state index contributed by atoms with van der Waals surface area (Å²) >= 11 is 0. The van der Waals surface area contributed by atoms with E-state index in [0.717, 1.165) is 31.7 Å². The molecule has 0 bridgehead atoms. The first-order valence-corrected chi connectivity index (χ1v) is 7.86. The first-order chi connectivity index (χ1) is 9.88. The summed E-state index contributed by atoms with van der Waals surface area (Å²) in [5.41, 5.74) is 1.29. The maximum atomic E-state index is 6.12. The Bertz CT molecular complexity index is 432. The summed E-state index contributed by atoms with van der Waals surface area (Å²) in [4.78, 5) is 2.65. The summed E-state index contributed by atoms with van der Waals surface area (Å²) in [6, 6.07) is 11.2. The van der Waals surface area contributed by atoms with Crippen LogP contribution < -0.4 is 0 Å². The third-order valence-electron chi connectivity index (χ3n) is 5.20. The average molecular weight is 273 g/mol. The molecule has 3 heteroatoms. The molecule has 3 fully saturated rings. The number of rotatable bonds is 4. The third kappa shape index (κ3) is 2.50. The maximum Gasteiger partial charge on any atom is 0.0720 e. The molecule has 2 aliphatic heterocycles. The van der Waals surface area contributed by atoms with Crippen molar-refractivity contribution >= 4 is 0 Å². The quantitative estimate of drug-likeness (QED) is 0.840. The molecule has 0 N–H and O–H groups in total. The van der Waals surface area contributed by atoms with Crippen LogP contribution >= 0.6 is 0 Å². The van der Waals surface area contributed by atoms with Gasteiger partial charge in [-0.15, -0.1) is 0 Å². The van der Waals surface area contributed by atoms with Crippen LogP contribution in [-0.2, 0) is 16.1 Å². The molecule has 2 heterocycles. The van der Waals surface area contributed by atoms with E-state index in [1.165, 1.54) is 31.5 Å². The van der Waals surface area contributed by atoms with Gasteiger partial charge in [-0.2, -0.15) is 0 Å². The predicted molar refractivity (Wildman–Crippen MR) is 77.4 cm³/mol. The molecule has 4 rings (SSSR count). The fraction of sp³-hybridized carbons (Fsp3) is 0.647. The van der Waals surface area contributed by atoms with Crippen molar-refractivity contribution < 1.29 is 9.47 Å². The lowest BCUT2D eigenvalue weighted by molar-refractivity contribution is -0.0613. The summed E-state index contributed by atoms with van der Waals surface area (Å²) in [5, 5.41) is 0. The van der Waals surface area contributed by atoms with Gasteiger partial charge in [-0.25, -0.2) is 0 Å². The largest absolute Gasteiger partial charge is 0.378 e. The van der Waals surface area contributed by atoms with Crippen molar-refractivity contribution in [3.05, 3.63) is 35.9 Å². The Balaban J connectivity index is 1.26. The second-order valence-corrected chi connectivity index (χ2v) is 6.56. The van der Waals surface area contributed by atoms with E-state index in [-0.39, 0.29) is 0 Å². The smallest absolute Gasteiger partial charge is 0.0720 e. The first-order valence-electron chi connectivity index (χ1n) is 7.86. The van der Waals surface area contributed by atoms with Gasteiger partial charge >= 0.3 is 0 Å². The molecule has 1 saturated carbocycles. The second-order valence-electron chi connectivity index (χ2n) is 6.56. The summed E-state index contributed by atoms with van der Waals surface area (Å²) in [7, 11) is 0. The number of hydrogen-bond donors (Lipinski definition) is 0. The monoisotopic (exact) mass is 273 g/mol. The van der Waals surface area contributed by atoms with Crippen LogP contribution in [0, 0.1) is 11.8 Å². The van der Waals surface area contributed by atoms with Crippen molar-refractivity contribution in [2.75, 3.05) is 26.3 Å². The lowest BCUT2D eigenvalue weighted by atomic mass is 10.0. The van der Waals surface area contributed by atoms with Gasteiger partial charge in [0.25, 0.3) is 0 Å². The first kappa shape index (κ1) is 12.8. The van der Waals surface area contributed by atoms with Gasteiger partial charge < -0.3 is 9.47 Å². The number of fused-ring (bicyclic) bond motifs is 1. The van der Waals surface area contributed by atoms with Crippen LogP contribution in [0.2, 0.25) is 0 Å². The lowest BCUT2D eigenvalue weighted by Crippen LogP contribution is -2.48. The van der Waals surface area contributed by atoms with Crippen LogP contribution in [0.3, 0.4) is 0 Å². The molecular formula is C17H23NO2. The summed E-state index contributed by atoms with van der Waals surface area (Å²) in [6.07, 6.45) is 2.98. The highest BCUT2D eigenvalue weighted by atomic mass is 16.5. The van der Waals surface area contributed by atoms with Crippen molar-refractivity contribution in [1.82, 2.24) is 4.90 Å². The molecule has 0 spiro atoms. The van der Waals surface area contributed by atoms with Crippen molar-refractivity contribution in [3.8, 4) is 0 Å². The normalized spacial score (nSPS) is 34.1. The predicted octanol–water partition coefficient (Wildman–Crippen LogP) is 2.31. The lowest BCUT2D eigenvalue weighted by Gasteiger charge is -2.35. The zero-order valence-electron chi connectivity index (χ0n) is 11.9. The van der Waals surface area contributed by atoms with Crippen molar-refractivity contribution in [1.29, 1.82) is 0 Å². The van der Waals surface area contributed by atoms with Crippen LogP contribution in [0.4, 0.5) is 0 Å². The molecule has 3 atom stereocenters. The highest BCUT2D eigenvalue weighted by molar-refractivity contribution is 5.13. The van der Waals surface area contributed by atoms with Crippen molar-refractivity contribution in [2.45, 2.75) is 31.6 Å². The number of ether oxygens (including phenoxy) is 2. The Morgan fingerprint density at radius 1 is 1.05 bits per heavy atom. The van der Waals surface area contributed by atoms with Gasteiger partial charge in [0.2, 0.25) is 0 Å². The third-order valence-corrected chi connectivity index (χ3v) is 5.20. The molecule has 1 aromatic carbocycles. The zero-order valence-corrected chi connectivity index (χ0v) is 11.9. The van der Waals surface area contributed by atoms with E-state index in [1.54, 1.807) is 0 Å². The van der Waals surface area contributed by atoms with Crippen LogP contribution in [0.15, 0.2) is 30.3 Å². The summed E-state index contributed by atoms with van der Waals surface area (Å²) in [5.74, 6) is 1.72. The average Bonchev–Trinajstić information content (AvgIpc) is 2.93. The second kappa shape index (κ2) is 5.47. The van der Waals surface area contributed by atoms with Crippen molar-refractivity contribution in [2.24, 2.45) is 11.8 Å². The summed E-state index contributed by atoms with van der Waals surface area (Å²) < 4.78 is 11.4. The van der Waals surface area contributed by atoms with E-state index < -0.39 is 0 Å². The van der Waals surface area contributed by atoms with Crippen LogP contribution in [-0.4, -0.2) is 43.3 Å². The molecule has 0 amide bonds. The molecule has 0 radical (unpaired) electrons. The van der Waals surface area contributed by atoms with Gasteiger partial charge in [-0.1, -0.05) is 30.3 Å². The van der Waals surface area contributed by atoms with Crippen molar-refractivity contribution in [3.63, 3.8) is 0 Å². The number of likely N-dealkylation sites (tertiary alicyclic amines) is 1. The highest BCUT2D eigenvalue weighted by Gasteiger charge is 2.44. The van der Waals surface area contributed by atoms with E-state index in [4.69, 9.17) is 9.47 Å². The Morgan fingerprint density at radius 2 is 1.75 bits per heavy atom. The fourth-order valence-electron chi connectivity index (χ4n) is 3.94. The molecule has 1 aliphatic carbocycles. The molecular weight excluding hydrogens is 250 g/mol. The molecule has 1 unspecified atom stereocenters. The minimum atomic E-state index is 0.477. The topological polar surface area (TPSA) is 21.7 Å². The van der Waals surface area contributed by atoms with Gasteiger partial charge in [0, 0.05) is 13.1 Å².